The van der Waals surface area contributed by atoms with Crippen molar-refractivity contribution in [2.24, 2.45) is 0 Å². The predicted octanol–water partition coefficient (Wildman–Crippen LogP) is 3.62. The molecule has 12 heavy (non-hydrogen) atoms. The molecule has 1 aromatic carbocycles. The lowest BCUT2D eigenvalue weighted by Gasteiger charge is -2.09. The monoisotopic (exact) mass is 286 g/mol. The molecule has 0 radical (unpaired) electrons. The molecule has 0 saturated carbocycles. The molecule has 0 spiro atoms. The molecule has 0 atom stereocenters. The molecule has 0 N–H and O–H groups in total. The van der Waals surface area contributed by atoms with E-state index in [2.05, 4.69) is 0 Å². The maximum atomic E-state index is 12.2. The van der Waals surface area contributed by atoms with Gasteiger partial charge in [-0.25, -0.2) is 0 Å². The van der Waals surface area contributed by atoms with Gasteiger partial charge in [0.2, 0.25) is 0 Å². The summed E-state index contributed by atoms with van der Waals surface area (Å²) < 4.78 is 37.4. The van der Waals surface area contributed by atoms with E-state index < -0.39 is 11.7 Å². The van der Waals surface area contributed by atoms with Crippen LogP contribution in [-0.4, -0.2) is 0 Å². The first-order chi connectivity index (χ1) is 5.41. The van der Waals surface area contributed by atoms with Gasteiger partial charge in [0, 0.05) is 3.57 Å². The van der Waals surface area contributed by atoms with Gasteiger partial charge in [0.05, 0.1) is 5.56 Å². The Kier molecular flexibility index (Phi) is 2.65. The van der Waals surface area contributed by atoms with Crippen LogP contribution in [0.25, 0.3) is 0 Å². The first-order valence-electron chi connectivity index (χ1n) is 3.24. The fourth-order valence-corrected chi connectivity index (χ4v) is 1.59. The minimum Gasteiger partial charge on any atom is -0.166 e. The van der Waals surface area contributed by atoms with Gasteiger partial charge in [-0.2, -0.15) is 13.2 Å². The zero-order chi connectivity index (χ0) is 9.35. The smallest absolute Gasteiger partial charge is 0.166 e. The van der Waals surface area contributed by atoms with Crippen molar-refractivity contribution in [3.63, 3.8) is 0 Å². The second-order valence-corrected chi connectivity index (χ2v) is 3.70. The normalized spacial score (nSPS) is 11.8. The van der Waals surface area contributed by atoms with Gasteiger partial charge >= 0.3 is 6.18 Å². The third kappa shape index (κ3) is 2.12. The number of hydrogen-bond donors (Lipinski definition) is 0. The molecule has 1 rings (SSSR count). The van der Waals surface area contributed by atoms with Gasteiger partial charge in [-0.05, 0) is 53.3 Å². The van der Waals surface area contributed by atoms with Crippen LogP contribution in [0.15, 0.2) is 18.2 Å². The predicted molar refractivity (Wildman–Crippen MR) is 48.9 cm³/mol. The van der Waals surface area contributed by atoms with E-state index in [1.165, 1.54) is 19.1 Å². The molecule has 0 aromatic heterocycles. The van der Waals surface area contributed by atoms with Crippen LogP contribution < -0.4 is 0 Å². The molecule has 0 bridgehead atoms. The summed E-state index contributed by atoms with van der Waals surface area (Å²) in [5.41, 5.74) is -0.280. The summed E-state index contributed by atoms with van der Waals surface area (Å²) in [6.07, 6.45) is -4.23. The lowest BCUT2D eigenvalue weighted by atomic mass is 10.1. The molecule has 0 aliphatic heterocycles. The summed E-state index contributed by atoms with van der Waals surface area (Å²) in [6, 6.07) is 4.08. The van der Waals surface area contributed by atoms with Gasteiger partial charge in [-0.3, -0.25) is 0 Å². The molecule has 0 fully saturated rings. The highest BCUT2D eigenvalue weighted by atomic mass is 127. The topological polar surface area (TPSA) is 0 Å². The fourth-order valence-electron chi connectivity index (χ4n) is 0.945. The number of halogens is 4. The maximum Gasteiger partial charge on any atom is 0.416 e. The zero-order valence-electron chi connectivity index (χ0n) is 6.24. The third-order valence-corrected chi connectivity index (χ3v) is 2.16. The Morgan fingerprint density at radius 1 is 1.25 bits per heavy atom. The van der Waals surface area contributed by atoms with E-state index in [0.29, 0.717) is 0 Å². The van der Waals surface area contributed by atoms with Gasteiger partial charge in [-0.15, -0.1) is 0 Å². The molecule has 0 unspecified atom stereocenters. The van der Waals surface area contributed by atoms with Crippen molar-refractivity contribution in [2.75, 3.05) is 0 Å². The van der Waals surface area contributed by atoms with Crippen LogP contribution in [0.1, 0.15) is 11.1 Å². The Hall–Kier alpha value is -0.260. The van der Waals surface area contributed by atoms with Crippen LogP contribution in [0.5, 0.6) is 0 Å². The summed E-state index contributed by atoms with van der Waals surface area (Å²) in [6.45, 7) is 1.46. The van der Waals surface area contributed by atoms with E-state index in [9.17, 15) is 13.2 Å². The van der Waals surface area contributed by atoms with Crippen LogP contribution in [0.3, 0.4) is 0 Å². The number of alkyl halides is 3. The number of aryl methyl sites for hydroxylation is 1. The SMILES string of the molecule is Cc1cc(I)ccc1C(F)(F)F. The van der Waals surface area contributed by atoms with Crippen molar-refractivity contribution >= 4 is 22.6 Å². The Morgan fingerprint density at radius 3 is 2.25 bits per heavy atom. The molecule has 4 heteroatoms. The van der Waals surface area contributed by atoms with Crippen LogP contribution in [0, 0.1) is 10.5 Å². The van der Waals surface area contributed by atoms with Crippen LogP contribution >= 0.6 is 22.6 Å². The first-order valence-corrected chi connectivity index (χ1v) is 4.32. The Bertz CT molecular complexity index is 291. The lowest BCUT2D eigenvalue weighted by molar-refractivity contribution is -0.138. The largest absolute Gasteiger partial charge is 0.416 e. The molecule has 0 amide bonds. The zero-order valence-corrected chi connectivity index (χ0v) is 8.40. The van der Waals surface area contributed by atoms with Crippen LogP contribution in [-0.2, 0) is 6.18 Å². The quantitative estimate of drug-likeness (QED) is 0.639. The highest BCUT2D eigenvalue weighted by Crippen LogP contribution is 2.32. The van der Waals surface area contributed by atoms with E-state index in [1.54, 1.807) is 0 Å². The Labute approximate surface area is 81.9 Å². The van der Waals surface area contributed by atoms with E-state index in [0.717, 1.165) is 9.64 Å². The van der Waals surface area contributed by atoms with E-state index in [1.807, 2.05) is 22.6 Å². The molecular weight excluding hydrogens is 280 g/mol. The van der Waals surface area contributed by atoms with Gasteiger partial charge in [0.1, 0.15) is 0 Å². The Morgan fingerprint density at radius 2 is 1.83 bits per heavy atom. The minimum absolute atomic E-state index is 0.273. The van der Waals surface area contributed by atoms with Crippen molar-refractivity contribution in [2.45, 2.75) is 13.1 Å². The molecule has 66 valence electrons. The summed E-state index contributed by atoms with van der Waals surface area (Å²) in [5, 5.41) is 0. The van der Waals surface area contributed by atoms with E-state index in [-0.39, 0.29) is 5.56 Å². The highest BCUT2D eigenvalue weighted by molar-refractivity contribution is 14.1. The molecule has 0 saturated heterocycles. The molecule has 0 aliphatic carbocycles. The summed E-state index contributed by atoms with van der Waals surface area (Å²) in [5.74, 6) is 0. The second kappa shape index (κ2) is 3.24. The van der Waals surface area contributed by atoms with Crippen molar-refractivity contribution in [3.8, 4) is 0 Å². The maximum absolute atomic E-state index is 12.2. The van der Waals surface area contributed by atoms with Crippen molar-refractivity contribution in [1.82, 2.24) is 0 Å². The summed E-state index contributed by atoms with van der Waals surface area (Å²) in [4.78, 5) is 0. The highest BCUT2D eigenvalue weighted by Gasteiger charge is 2.31. The third-order valence-electron chi connectivity index (χ3n) is 1.49. The van der Waals surface area contributed by atoms with Gasteiger partial charge in [-0.1, -0.05) is 0 Å². The van der Waals surface area contributed by atoms with Crippen LogP contribution in [0.4, 0.5) is 13.2 Å². The van der Waals surface area contributed by atoms with E-state index >= 15 is 0 Å². The molecule has 1 aromatic rings. The number of hydrogen-bond acceptors (Lipinski definition) is 0. The summed E-state index contributed by atoms with van der Waals surface area (Å²) >= 11 is 1.98. The van der Waals surface area contributed by atoms with Crippen molar-refractivity contribution in [3.05, 3.63) is 32.9 Å². The average Bonchev–Trinajstić information content (AvgIpc) is 1.83. The van der Waals surface area contributed by atoms with E-state index in [4.69, 9.17) is 0 Å². The van der Waals surface area contributed by atoms with Gasteiger partial charge in [0.15, 0.2) is 0 Å². The Balaban J connectivity index is 3.19. The average molecular weight is 286 g/mol. The molecular formula is C8H6F3I. The van der Waals surface area contributed by atoms with Gasteiger partial charge < -0.3 is 0 Å². The number of benzene rings is 1. The number of rotatable bonds is 0. The summed E-state index contributed by atoms with van der Waals surface area (Å²) in [7, 11) is 0. The minimum atomic E-state index is -4.23. The fraction of sp³-hybridized carbons (Fsp3) is 0.250. The van der Waals surface area contributed by atoms with Crippen LogP contribution in [0.2, 0.25) is 0 Å². The van der Waals surface area contributed by atoms with Crippen molar-refractivity contribution < 1.29 is 13.2 Å². The molecule has 0 heterocycles. The lowest BCUT2D eigenvalue weighted by Crippen LogP contribution is -2.07. The second-order valence-electron chi connectivity index (χ2n) is 2.46. The van der Waals surface area contributed by atoms with Crippen molar-refractivity contribution in [1.29, 1.82) is 0 Å². The standard InChI is InChI=1S/C8H6F3I/c1-5-4-6(12)2-3-7(5)8(9,10)11/h2-4H,1H3. The van der Waals surface area contributed by atoms with Gasteiger partial charge in [0.25, 0.3) is 0 Å². The first kappa shape index (κ1) is 9.83. The molecule has 0 aliphatic rings. The molecule has 0 nitrogen and oxygen atoms in total.